The number of rotatable bonds is 2. The maximum Gasteiger partial charge on any atom is 0.106 e. The van der Waals surface area contributed by atoms with E-state index in [9.17, 15) is 20.1 Å². The lowest BCUT2D eigenvalue weighted by Crippen LogP contribution is -2.41. The largest absolute Gasteiger partial charge is 0.872 e. The van der Waals surface area contributed by atoms with Crippen molar-refractivity contribution in [2.75, 3.05) is 0 Å². The molecule has 58 valence electrons. The highest BCUT2D eigenvalue weighted by Crippen LogP contribution is 1.92. The molecule has 0 radical (unpaired) electrons. The van der Waals surface area contributed by atoms with E-state index in [0.29, 0.717) is 0 Å². The van der Waals surface area contributed by atoms with Crippen LogP contribution in [-0.2, 0) is 4.79 Å². The summed E-state index contributed by atoms with van der Waals surface area (Å²) >= 11 is 0. The van der Waals surface area contributed by atoms with E-state index in [1.807, 2.05) is 0 Å². The Morgan fingerprint density at radius 1 is 1.30 bits per heavy atom. The van der Waals surface area contributed by atoms with Gasteiger partial charge in [-0.25, -0.2) is 0 Å². The van der Waals surface area contributed by atoms with Gasteiger partial charge in [0.1, 0.15) is 6.10 Å². The Labute approximate surface area is 55.3 Å². The molecule has 0 fully saturated rings. The number of carboxylic acid groups (broad SMARTS) is 1. The van der Waals surface area contributed by atoms with Crippen molar-refractivity contribution < 1.29 is 30.3 Å². The average molecular weight is 147 g/mol. The fraction of sp³-hybridized carbons (Fsp3) is 0.250. The Kier molecular flexibility index (Phi) is 2.51. The summed E-state index contributed by atoms with van der Waals surface area (Å²) in [6.45, 7) is 0. The summed E-state index contributed by atoms with van der Waals surface area (Å²) in [7, 11) is 0. The highest BCUT2D eigenvalue weighted by atomic mass is 16.5. The third kappa shape index (κ3) is 1.82. The van der Waals surface area contributed by atoms with Gasteiger partial charge in [0.15, 0.2) is 0 Å². The number of carbonyl (C=O) groups excluding carboxylic acids is 1. The van der Waals surface area contributed by atoms with Gasteiger partial charge in [-0.05, 0) is 0 Å². The van der Waals surface area contributed by atoms with Gasteiger partial charge in [-0.15, -0.1) is 0 Å². The van der Waals surface area contributed by atoms with Crippen LogP contribution < -0.4 is 15.3 Å². The van der Waals surface area contributed by atoms with E-state index in [0.717, 1.165) is 0 Å². The summed E-state index contributed by atoms with van der Waals surface area (Å²) < 4.78 is 0. The van der Waals surface area contributed by atoms with Crippen LogP contribution in [0.15, 0.2) is 11.7 Å². The Hall–Kier alpha value is -1.43. The molecule has 0 heterocycles. The van der Waals surface area contributed by atoms with E-state index in [1.54, 1.807) is 0 Å². The van der Waals surface area contributed by atoms with E-state index < -0.39 is 23.8 Å². The third-order valence-corrected chi connectivity index (χ3v) is 0.682. The van der Waals surface area contributed by atoms with Crippen LogP contribution in [-0.4, -0.2) is 22.3 Å². The molecule has 0 aliphatic rings. The van der Waals surface area contributed by atoms with Crippen molar-refractivity contribution in [3.8, 4) is 0 Å². The third-order valence-electron chi connectivity index (χ3n) is 0.682. The molecule has 6 nitrogen and oxygen atoms in total. The van der Waals surface area contributed by atoms with Crippen molar-refractivity contribution in [1.82, 2.24) is 0 Å². The van der Waals surface area contributed by atoms with Gasteiger partial charge in [0.25, 0.3) is 0 Å². The van der Waals surface area contributed by atoms with E-state index in [4.69, 9.17) is 10.2 Å². The first-order chi connectivity index (χ1) is 4.46. The van der Waals surface area contributed by atoms with Crippen LogP contribution in [0.2, 0.25) is 0 Å². The molecule has 0 bridgehead atoms. The molecule has 0 aromatic carbocycles. The lowest BCUT2D eigenvalue weighted by atomic mass is 10.3. The molecule has 1 atom stereocenters. The minimum Gasteiger partial charge on any atom is -0.872 e. The van der Waals surface area contributed by atoms with Crippen molar-refractivity contribution in [2.24, 2.45) is 0 Å². The molecule has 0 aromatic rings. The minimum absolute atomic E-state index is 1.81. The smallest absolute Gasteiger partial charge is 0.106 e. The van der Waals surface area contributed by atoms with Crippen molar-refractivity contribution in [3.05, 3.63) is 11.7 Å². The highest BCUT2D eigenvalue weighted by Gasteiger charge is 2.02. The fourth-order valence-electron chi connectivity index (χ4n) is 0.224. The van der Waals surface area contributed by atoms with Crippen molar-refractivity contribution >= 4 is 5.97 Å². The van der Waals surface area contributed by atoms with Crippen molar-refractivity contribution in [3.63, 3.8) is 0 Å². The Morgan fingerprint density at radius 3 is 1.80 bits per heavy atom. The molecular formula is C4H3O6-3. The van der Waals surface area contributed by atoms with Gasteiger partial charge in [-0.2, -0.15) is 0 Å². The first-order valence-corrected chi connectivity index (χ1v) is 2.13. The molecule has 6 heteroatoms. The van der Waals surface area contributed by atoms with E-state index in [2.05, 4.69) is 0 Å². The lowest BCUT2D eigenvalue weighted by Gasteiger charge is -2.22. The molecule has 0 rings (SSSR count). The summed E-state index contributed by atoms with van der Waals surface area (Å²) in [4.78, 5) is 9.60. The van der Waals surface area contributed by atoms with Gasteiger partial charge >= 0.3 is 0 Å². The normalized spacial score (nSPS) is 15.7. The molecular weight excluding hydrogens is 144 g/mol. The molecule has 0 amide bonds. The molecule has 0 aromatic heterocycles. The average Bonchev–Trinajstić information content (AvgIpc) is 1.84. The van der Waals surface area contributed by atoms with Crippen LogP contribution in [0, 0.1) is 0 Å². The van der Waals surface area contributed by atoms with Crippen LogP contribution in [0.1, 0.15) is 0 Å². The van der Waals surface area contributed by atoms with Gasteiger partial charge in [0.2, 0.25) is 0 Å². The first-order valence-electron chi connectivity index (χ1n) is 2.13. The molecule has 2 N–H and O–H groups in total. The monoisotopic (exact) mass is 147 g/mol. The fourth-order valence-corrected chi connectivity index (χ4v) is 0.224. The van der Waals surface area contributed by atoms with Crippen molar-refractivity contribution in [1.29, 1.82) is 0 Å². The molecule has 0 saturated heterocycles. The number of aliphatic carboxylic acids is 1. The number of carbonyl (C=O) groups is 1. The zero-order valence-electron chi connectivity index (χ0n) is 4.60. The summed E-state index contributed by atoms with van der Waals surface area (Å²) in [6, 6.07) is 0. The summed E-state index contributed by atoms with van der Waals surface area (Å²) in [5.74, 6) is -5.93. The van der Waals surface area contributed by atoms with Crippen LogP contribution in [0.3, 0.4) is 0 Å². The zero-order chi connectivity index (χ0) is 8.31. The maximum absolute atomic E-state index is 10.0. The minimum atomic E-state index is -2.57. The van der Waals surface area contributed by atoms with Crippen LogP contribution in [0.25, 0.3) is 0 Å². The van der Waals surface area contributed by atoms with Gasteiger partial charge in [-0.3, -0.25) is 0 Å². The molecule has 0 saturated carbocycles. The number of aliphatic hydroxyl groups is 2. The predicted octanol–water partition coefficient (Wildman–Crippen LogP) is -4.46. The molecule has 0 spiro atoms. The van der Waals surface area contributed by atoms with E-state index in [1.165, 1.54) is 0 Å². The second-order valence-electron chi connectivity index (χ2n) is 1.39. The standard InChI is InChI=1S/C4H6O6/c5-1(3(7)8)2(6)4(9)10/h1,5-6,9-10H,(H,7,8)/p-3. The van der Waals surface area contributed by atoms with Gasteiger partial charge in [0, 0.05) is 5.95 Å². The number of aliphatic hydroxyl groups excluding tert-OH is 2. The van der Waals surface area contributed by atoms with Crippen LogP contribution in [0.4, 0.5) is 0 Å². The van der Waals surface area contributed by atoms with Gasteiger partial charge in [-0.1, -0.05) is 5.76 Å². The van der Waals surface area contributed by atoms with Crippen LogP contribution in [0.5, 0.6) is 0 Å². The van der Waals surface area contributed by atoms with Gasteiger partial charge in [0.05, 0.1) is 5.97 Å². The Balaban J connectivity index is 4.37. The van der Waals surface area contributed by atoms with E-state index >= 15 is 0 Å². The zero-order valence-corrected chi connectivity index (χ0v) is 4.60. The second kappa shape index (κ2) is 2.92. The van der Waals surface area contributed by atoms with E-state index in [-0.39, 0.29) is 0 Å². The molecule has 10 heavy (non-hydrogen) atoms. The predicted molar refractivity (Wildman–Crippen MR) is 20.7 cm³/mol. The number of hydrogen-bond donors (Lipinski definition) is 2. The highest BCUT2D eigenvalue weighted by molar-refractivity contribution is 5.72. The Bertz CT molecular complexity index is 167. The summed E-state index contributed by atoms with van der Waals surface area (Å²) in [5.41, 5.74) is 0. The first kappa shape index (κ1) is 8.57. The maximum atomic E-state index is 10.0. The topological polar surface area (TPSA) is 127 Å². The second-order valence-corrected chi connectivity index (χ2v) is 1.39. The van der Waals surface area contributed by atoms with Gasteiger partial charge < -0.3 is 30.3 Å². The molecule has 0 aliphatic heterocycles. The van der Waals surface area contributed by atoms with Crippen molar-refractivity contribution in [2.45, 2.75) is 6.10 Å². The Morgan fingerprint density at radius 2 is 1.70 bits per heavy atom. The number of hydrogen-bond acceptors (Lipinski definition) is 6. The molecule has 0 aliphatic carbocycles. The van der Waals surface area contributed by atoms with Crippen LogP contribution >= 0.6 is 0 Å². The summed E-state index contributed by atoms with van der Waals surface area (Å²) in [5, 5.41) is 45.2. The number of carboxylic acids is 1. The lowest BCUT2D eigenvalue weighted by molar-refractivity contribution is -0.401. The SMILES string of the molecule is O=C([O-])C(O)/C([O-])=C(/[O-])O. The molecule has 1 unspecified atom stereocenters. The quantitative estimate of drug-likeness (QED) is 0.379. The summed E-state index contributed by atoms with van der Waals surface area (Å²) in [6.07, 6.45) is -2.57.